The van der Waals surface area contributed by atoms with E-state index in [9.17, 15) is 0 Å². The van der Waals surface area contributed by atoms with Crippen LogP contribution in [0.1, 0.15) is 24.9 Å². The van der Waals surface area contributed by atoms with Gasteiger partial charge >= 0.3 is 0 Å². The fourth-order valence-electron chi connectivity index (χ4n) is 1.64. The van der Waals surface area contributed by atoms with Gasteiger partial charge in [-0.2, -0.15) is 0 Å². The molecule has 0 aliphatic heterocycles. The molecule has 1 atom stereocenters. The van der Waals surface area contributed by atoms with Gasteiger partial charge < -0.3 is 10.5 Å². The molecule has 2 N–H and O–H groups in total. The van der Waals surface area contributed by atoms with Crippen LogP contribution in [-0.2, 0) is 0 Å². The van der Waals surface area contributed by atoms with E-state index in [4.69, 9.17) is 10.5 Å². The summed E-state index contributed by atoms with van der Waals surface area (Å²) in [6, 6.07) is 17.8. The molecule has 2 aromatic rings. The zero-order valence-corrected chi connectivity index (χ0v) is 11.2. The van der Waals surface area contributed by atoms with Crippen LogP contribution < -0.4 is 10.5 Å². The summed E-state index contributed by atoms with van der Waals surface area (Å²) in [7, 11) is 0. The third kappa shape index (κ3) is 3.76. The molecule has 2 aromatic carbocycles. The zero-order valence-electron chi connectivity index (χ0n) is 10.4. The van der Waals surface area contributed by atoms with E-state index >= 15 is 0 Å². The molecule has 0 spiro atoms. The van der Waals surface area contributed by atoms with Crippen molar-refractivity contribution in [2.45, 2.75) is 19.4 Å². The molecule has 0 radical (unpaired) electrons. The van der Waals surface area contributed by atoms with Crippen LogP contribution in [0.25, 0.3) is 0 Å². The SMILES string of the molecule is CC[C@H](N)c1ccc(Oc2ccccc2)cc1.Cl. The van der Waals surface area contributed by atoms with Crippen molar-refractivity contribution >= 4 is 12.4 Å². The summed E-state index contributed by atoms with van der Waals surface area (Å²) in [5.74, 6) is 1.68. The summed E-state index contributed by atoms with van der Waals surface area (Å²) in [5, 5.41) is 0. The zero-order chi connectivity index (χ0) is 12.1. The fourth-order valence-corrected chi connectivity index (χ4v) is 1.64. The Labute approximate surface area is 114 Å². The maximum absolute atomic E-state index is 5.96. The van der Waals surface area contributed by atoms with Gasteiger partial charge in [-0.3, -0.25) is 0 Å². The van der Waals surface area contributed by atoms with Crippen LogP contribution in [0.3, 0.4) is 0 Å². The third-order valence-corrected chi connectivity index (χ3v) is 2.73. The molecule has 0 saturated heterocycles. The molecule has 0 fully saturated rings. The van der Waals surface area contributed by atoms with Gasteiger partial charge in [0.05, 0.1) is 0 Å². The molecule has 18 heavy (non-hydrogen) atoms. The Kier molecular flexibility index (Phi) is 5.69. The monoisotopic (exact) mass is 263 g/mol. The van der Waals surface area contributed by atoms with Crippen LogP contribution in [0.4, 0.5) is 0 Å². The molecule has 0 amide bonds. The molecule has 0 aliphatic rings. The van der Waals surface area contributed by atoms with Crippen molar-refractivity contribution < 1.29 is 4.74 Å². The molecule has 2 rings (SSSR count). The summed E-state index contributed by atoms with van der Waals surface area (Å²) < 4.78 is 5.71. The number of ether oxygens (including phenoxy) is 1. The summed E-state index contributed by atoms with van der Waals surface area (Å²) >= 11 is 0. The van der Waals surface area contributed by atoms with Crippen LogP contribution in [0.15, 0.2) is 54.6 Å². The van der Waals surface area contributed by atoms with Crippen LogP contribution in [0.2, 0.25) is 0 Å². The Balaban J connectivity index is 0.00000162. The van der Waals surface area contributed by atoms with Gasteiger partial charge in [-0.1, -0.05) is 37.3 Å². The highest BCUT2D eigenvalue weighted by Gasteiger charge is 2.03. The molecule has 96 valence electrons. The summed E-state index contributed by atoms with van der Waals surface area (Å²) in [5.41, 5.74) is 7.10. The number of para-hydroxylation sites is 1. The van der Waals surface area contributed by atoms with E-state index in [0.717, 1.165) is 23.5 Å². The molecule has 2 nitrogen and oxygen atoms in total. The van der Waals surface area contributed by atoms with Crippen LogP contribution >= 0.6 is 12.4 Å². The van der Waals surface area contributed by atoms with E-state index in [2.05, 4.69) is 6.92 Å². The number of hydrogen-bond donors (Lipinski definition) is 1. The van der Waals surface area contributed by atoms with Crippen LogP contribution in [-0.4, -0.2) is 0 Å². The highest BCUT2D eigenvalue weighted by Crippen LogP contribution is 2.23. The first-order chi connectivity index (χ1) is 8.29. The first kappa shape index (κ1) is 14.6. The molecule has 0 aliphatic carbocycles. The smallest absolute Gasteiger partial charge is 0.127 e. The van der Waals surface area contributed by atoms with Crippen LogP contribution in [0.5, 0.6) is 11.5 Å². The second-order valence-corrected chi connectivity index (χ2v) is 4.00. The van der Waals surface area contributed by atoms with Crippen molar-refractivity contribution in [3.63, 3.8) is 0 Å². The highest BCUT2D eigenvalue weighted by molar-refractivity contribution is 5.85. The number of halogens is 1. The van der Waals surface area contributed by atoms with Gasteiger partial charge in [-0.05, 0) is 36.2 Å². The third-order valence-electron chi connectivity index (χ3n) is 2.73. The Bertz CT molecular complexity index is 456. The molecule has 3 heteroatoms. The maximum atomic E-state index is 5.96. The average molecular weight is 264 g/mol. The van der Waals surface area contributed by atoms with Gasteiger partial charge in [0.25, 0.3) is 0 Å². The van der Waals surface area contributed by atoms with Gasteiger partial charge in [-0.15, -0.1) is 12.4 Å². The van der Waals surface area contributed by atoms with Crippen molar-refractivity contribution in [1.82, 2.24) is 0 Å². The predicted molar refractivity (Wildman–Crippen MR) is 77.4 cm³/mol. The molecule has 0 aromatic heterocycles. The molecular formula is C15H18ClNO. The molecular weight excluding hydrogens is 246 g/mol. The Morgan fingerprint density at radius 2 is 1.50 bits per heavy atom. The van der Waals surface area contributed by atoms with E-state index in [1.807, 2.05) is 54.6 Å². The van der Waals surface area contributed by atoms with E-state index in [1.54, 1.807) is 0 Å². The summed E-state index contributed by atoms with van der Waals surface area (Å²) in [6.07, 6.45) is 0.943. The number of rotatable bonds is 4. The lowest BCUT2D eigenvalue weighted by molar-refractivity contribution is 0.482. The van der Waals surface area contributed by atoms with E-state index in [1.165, 1.54) is 0 Å². The van der Waals surface area contributed by atoms with E-state index in [0.29, 0.717) is 0 Å². The second-order valence-electron chi connectivity index (χ2n) is 4.00. The fraction of sp³-hybridized carbons (Fsp3) is 0.200. The number of hydrogen-bond acceptors (Lipinski definition) is 2. The lowest BCUT2D eigenvalue weighted by Gasteiger charge is -2.10. The van der Waals surface area contributed by atoms with E-state index < -0.39 is 0 Å². The van der Waals surface area contributed by atoms with Gasteiger partial charge in [-0.25, -0.2) is 0 Å². The molecule has 0 unspecified atom stereocenters. The quantitative estimate of drug-likeness (QED) is 0.892. The number of nitrogens with two attached hydrogens (primary N) is 1. The topological polar surface area (TPSA) is 35.2 Å². The molecule has 0 bridgehead atoms. The average Bonchev–Trinajstić information content (AvgIpc) is 2.40. The minimum Gasteiger partial charge on any atom is -0.457 e. The maximum Gasteiger partial charge on any atom is 0.127 e. The Morgan fingerprint density at radius 3 is 2.06 bits per heavy atom. The van der Waals surface area contributed by atoms with Gasteiger partial charge in [0.1, 0.15) is 11.5 Å². The molecule has 0 heterocycles. The molecule has 0 saturated carbocycles. The van der Waals surface area contributed by atoms with Gasteiger partial charge in [0.15, 0.2) is 0 Å². The predicted octanol–water partition coefficient (Wildman–Crippen LogP) is 4.31. The summed E-state index contributed by atoms with van der Waals surface area (Å²) in [4.78, 5) is 0. The lowest BCUT2D eigenvalue weighted by atomic mass is 10.1. The standard InChI is InChI=1S/C15H17NO.ClH/c1-2-15(16)12-8-10-14(11-9-12)17-13-6-4-3-5-7-13;/h3-11,15H,2,16H2,1H3;1H/t15-;/m0./s1. The van der Waals surface area contributed by atoms with Crippen LogP contribution in [0, 0.1) is 0 Å². The van der Waals surface area contributed by atoms with Crippen molar-refractivity contribution in [3.8, 4) is 11.5 Å². The first-order valence-corrected chi connectivity index (χ1v) is 5.88. The number of benzene rings is 2. The van der Waals surface area contributed by atoms with E-state index in [-0.39, 0.29) is 18.4 Å². The lowest BCUT2D eigenvalue weighted by Crippen LogP contribution is -2.07. The van der Waals surface area contributed by atoms with Crippen molar-refractivity contribution in [1.29, 1.82) is 0 Å². The van der Waals surface area contributed by atoms with Gasteiger partial charge in [0, 0.05) is 6.04 Å². The minimum atomic E-state index is 0. The Hall–Kier alpha value is -1.51. The largest absolute Gasteiger partial charge is 0.457 e. The van der Waals surface area contributed by atoms with Gasteiger partial charge in [0.2, 0.25) is 0 Å². The van der Waals surface area contributed by atoms with Crippen molar-refractivity contribution in [3.05, 3.63) is 60.2 Å². The first-order valence-electron chi connectivity index (χ1n) is 5.88. The second kappa shape index (κ2) is 7.04. The normalized spacial score (nSPS) is 11.4. The Morgan fingerprint density at radius 1 is 0.944 bits per heavy atom. The summed E-state index contributed by atoms with van der Waals surface area (Å²) in [6.45, 7) is 2.08. The van der Waals surface area contributed by atoms with Crippen molar-refractivity contribution in [2.24, 2.45) is 5.73 Å². The highest BCUT2D eigenvalue weighted by atomic mass is 35.5. The minimum absolute atomic E-state index is 0. The van der Waals surface area contributed by atoms with Crippen molar-refractivity contribution in [2.75, 3.05) is 0 Å².